The Hall–Kier alpha value is -2.83. The molecule has 0 heterocycles. The molecule has 0 aliphatic rings. The first kappa shape index (κ1) is 19.2. The average molecular weight is 335 g/mol. The molecule has 0 aliphatic heterocycles. The van der Waals surface area contributed by atoms with E-state index in [4.69, 9.17) is 14.2 Å². The molecule has 0 saturated carbocycles. The summed E-state index contributed by atoms with van der Waals surface area (Å²) in [5, 5.41) is 2.79. The van der Waals surface area contributed by atoms with Crippen molar-refractivity contribution in [3.8, 4) is 0 Å². The van der Waals surface area contributed by atoms with Gasteiger partial charge >= 0.3 is 17.9 Å². The van der Waals surface area contributed by atoms with Gasteiger partial charge in [-0.05, 0) is 39.0 Å². The molecule has 7 heteroatoms. The smallest absolute Gasteiger partial charge is 0.347 e. The Morgan fingerprint density at radius 1 is 0.958 bits per heavy atom. The Morgan fingerprint density at radius 2 is 1.54 bits per heavy atom. The number of hydrogen-bond donors (Lipinski definition) is 1. The third-order valence-electron chi connectivity index (χ3n) is 2.75. The predicted molar refractivity (Wildman–Crippen MR) is 87.4 cm³/mol. The summed E-state index contributed by atoms with van der Waals surface area (Å²) in [6.07, 6.45) is 1.19. The quantitative estimate of drug-likeness (QED) is 0.256. The van der Waals surface area contributed by atoms with Crippen molar-refractivity contribution in [1.82, 2.24) is 0 Å². The maximum Gasteiger partial charge on any atom is 0.347 e. The summed E-state index contributed by atoms with van der Waals surface area (Å²) in [7, 11) is 0. The summed E-state index contributed by atoms with van der Waals surface area (Å²) in [6, 6.07) is 6.47. The minimum absolute atomic E-state index is 0.133. The Morgan fingerprint density at radius 3 is 2.08 bits per heavy atom. The minimum Gasteiger partial charge on any atom is -0.462 e. The van der Waals surface area contributed by atoms with Crippen LogP contribution in [-0.4, -0.2) is 37.7 Å². The van der Waals surface area contributed by atoms with Crippen molar-refractivity contribution in [2.45, 2.75) is 20.8 Å². The minimum atomic E-state index is -0.787. The van der Waals surface area contributed by atoms with Crippen molar-refractivity contribution >= 4 is 23.6 Å². The first-order valence-corrected chi connectivity index (χ1v) is 7.61. The highest BCUT2D eigenvalue weighted by atomic mass is 16.6. The van der Waals surface area contributed by atoms with Crippen LogP contribution in [0, 0.1) is 0 Å². The summed E-state index contributed by atoms with van der Waals surface area (Å²) in [4.78, 5) is 35.4. The fourth-order valence-electron chi connectivity index (χ4n) is 1.72. The predicted octanol–water partition coefficient (Wildman–Crippen LogP) is 2.29. The van der Waals surface area contributed by atoms with Crippen molar-refractivity contribution < 1.29 is 28.6 Å². The largest absolute Gasteiger partial charge is 0.462 e. The molecule has 1 rings (SSSR count). The molecule has 1 N–H and O–H groups in total. The molecule has 0 fully saturated rings. The molecule has 1 aromatic rings. The molecule has 0 amide bonds. The van der Waals surface area contributed by atoms with Crippen molar-refractivity contribution in [2.24, 2.45) is 0 Å². The lowest BCUT2D eigenvalue weighted by Gasteiger charge is -2.08. The molecule has 0 aromatic heterocycles. The van der Waals surface area contributed by atoms with Gasteiger partial charge in [0.2, 0.25) is 0 Å². The van der Waals surface area contributed by atoms with Crippen molar-refractivity contribution in [1.29, 1.82) is 0 Å². The zero-order valence-electron chi connectivity index (χ0n) is 14.0. The number of rotatable bonds is 8. The second-order valence-electron chi connectivity index (χ2n) is 4.44. The van der Waals surface area contributed by atoms with Crippen molar-refractivity contribution in [2.75, 3.05) is 25.1 Å². The average Bonchev–Trinajstić information content (AvgIpc) is 2.56. The summed E-state index contributed by atoms with van der Waals surface area (Å²) in [5.41, 5.74) is 0.593. The van der Waals surface area contributed by atoms with Gasteiger partial charge in [-0.2, -0.15) is 0 Å². The number of esters is 3. The van der Waals surface area contributed by atoms with Gasteiger partial charge < -0.3 is 19.5 Å². The number of anilines is 1. The molecule has 0 spiro atoms. The molecule has 0 unspecified atom stereocenters. The molecule has 0 radical (unpaired) electrons. The molecule has 0 aliphatic carbocycles. The van der Waals surface area contributed by atoms with Crippen LogP contribution < -0.4 is 5.32 Å². The number of hydrogen-bond acceptors (Lipinski definition) is 7. The Bertz CT molecular complexity index is 603. The molecule has 24 heavy (non-hydrogen) atoms. The molecule has 0 saturated heterocycles. The normalized spacial score (nSPS) is 9.62. The Kier molecular flexibility index (Phi) is 8.04. The summed E-state index contributed by atoms with van der Waals surface area (Å²) >= 11 is 0. The fourth-order valence-corrected chi connectivity index (χ4v) is 1.72. The van der Waals surface area contributed by atoms with Crippen LogP contribution in [-0.2, 0) is 23.8 Å². The van der Waals surface area contributed by atoms with E-state index in [0.717, 1.165) is 0 Å². The van der Waals surface area contributed by atoms with Crippen LogP contribution in [0.15, 0.2) is 36.0 Å². The molecule has 0 bridgehead atoms. The van der Waals surface area contributed by atoms with E-state index in [1.165, 1.54) is 6.20 Å². The molecular formula is C17H21NO6. The standard InChI is InChI=1S/C17H21NO6/c1-4-22-15(19)12-8-7-9-13(10-12)18-11-14(16(20)23-5-2)17(21)24-6-3/h7-11,18H,4-6H2,1-3H3. The zero-order valence-corrected chi connectivity index (χ0v) is 14.0. The zero-order chi connectivity index (χ0) is 17.9. The van der Waals surface area contributed by atoms with E-state index in [1.807, 2.05) is 0 Å². The molecule has 7 nitrogen and oxygen atoms in total. The Balaban J connectivity index is 2.96. The first-order chi connectivity index (χ1) is 11.5. The Labute approximate surface area is 140 Å². The molecule has 0 atom stereocenters. The van der Waals surface area contributed by atoms with Crippen molar-refractivity contribution in [3.05, 3.63) is 41.6 Å². The first-order valence-electron chi connectivity index (χ1n) is 7.61. The third-order valence-corrected chi connectivity index (χ3v) is 2.75. The number of carbonyl (C=O) groups is 3. The topological polar surface area (TPSA) is 90.9 Å². The number of benzene rings is 1. The van der Waals surface area contributed by atoms with Crippen LogP contribution >= 0.6 is 0 Å². The second kappa shape index (κ2) is 10.0. The number of carbonyl (C=O) groups excluding carboxylic acids is 3. The third kappa shape index (κ3) is 5.75. The monoisotopic (exact) mass is 335 g/mol. The van der Waals surface area contributed by atoms with E-state index < -0.39 is 17.9 Å². The number of ether oxygens (including phenoxy) is 3. The van der Waals surface area contributed by atoms with Gasteiger partial charge in [0.25, 0.3) is 0 Å². The van der Waals surface area contributed by atoms with Crippen LogP contribution in [0.4, 0.5) is 5.69 Å². The van der Waals surface area contributed by atoms with E-state index in [9.17, 15) is 14.4 Å². The summed E-state index contributed by atoms with van der Waals surface area (Å²) < 4.78 is 14.6. The number of nitrogens with one attached hydrogen (secondary N) is 1. The maximum atomic E-state index is 11.8. The lowest BCUT2D eigenvalue weighted by Crippen LogP contribution is -2.19. The van der Waals surface area contributed by atoms with Gasteiger partial charge in [0.05, 0.1) is 25.4 Å². The molecule has 1 aromatic carbocycles. The van der Waals surface area contributed by atoms with Gasteiger partial charge in [-0.25, -0.2) is 14.4 Å². The van der Waals surface area contributed by atoms with E-state index in [-0.39, 0.29) is 25.4 Å². The van der Waals surface area contributed by atoms with Gasteiger partial charge in [-0.3, -0.25) is 0 Å². The van der Waals surface area contributed by atoms with Gasteiger partial charge in [-0.15, -0.1) is 0 Å². The fraction of sp³-hybridized carbons (Fsp3) is 0.353. The van der Waals surface area contributed by atoms with Crippen LogP contribution in [0.5, 0.6) is 0 Å². The van der Waals surface area contributed by atoms with Crippen LogP contribution in [0.1, 0.15) is 31.1 Å². The van der Waals surface area contributed by atoms with E-state index in [1.54, 1.807) is 45.0 Å². The lowest BCUT2D eigenvalue weighted by molar-refractivity contribution is -0.146. The van der Waals surface area contributed by atoms with Gasteiger partial charge in [0.1, 0.15) is 0 Å². The van der Waals surface area contributed by atoms with Gasteiger partial charge in [0, 0.05) is 11.9 Å². The highest BCUT2D eigenvalue weighted by molar-refractivity contribution is 6.14. The van der Waals surface area contributed by atoms with E-state index in [2.05, 4.69) is 5.32 Å². The molecule has 130 valence electrons. The van der Waals surface area contributed by atoms with Crippen LogP contribution in [0.2, 0.25) is 0 Å². The van der Waals surface area contributed by atoms with E-state index in [0.29, 0.717) is 11.3 Å². The highest BCUT2D eigenvalue weighted by Gasteiger charge is 2.21. The van der Waals surface area contributed by atoms with E-state index >= 15 is 0 Å². The van der Waals surface area contributed by atoms with Gasteiger partial charge in [-0.1, -0.05) is 6.07 Å². The maximum absolute atomic E-state index is 11.8. The SMILES string of the molecule is CCOC(=O)C(=CNc1cccc(C(=O)OCC)c1)C(=O)OCC. The molecular weight excluding hydrogens is 314 g/mol. The second-order valence-corrected chi connectivity index (χ2v) is 4.44. The van der Waals surface area contributed by atoms with Crippen LogP contribution in [0.25, 0.3) is 0 Å². The van der Waals surface area contributed by atoms with Crippen LogP contribution in [0.3, 0.4) is 0 Å². The summed E-state index contributed by atoms with van der Waals surface area (Å²) in [5.74, 6) is -2.03. The highest BCUT2D eigenvalue weighted by Crippen LogP contribution is 2.13. The lowest BCUT2D eigenvalue weighted by atomic mass is 10.2. The summed E-state index contributed by atoms with van der Waals surface area (Å²) in [6.45, 7) is 5.52. The van der Waals surface area contributed by atoms with Crippen molar-refractivity contribution in [3.63, 3.8) is 0 Å². The van der Waals surface area contributed by atoms with Gasteiger partial charge in [0.15, 0.2) is 5.57 Å².